The highest BCUT2D eigenvalue weighted by atomic mass is 19.2. The molecule has 1 fully saturated rings. The fourth-order valence-corrected chi connectivity index (χ4v) is 2.29. The van der Waals surface area contributed by atoms with Crippen LogP contribution in [-0.2, 0) is 4.79 Å². The topological polar surface area (TPSA) is 46.3 Å². The monoisotopic (exact) mass is 254 g/mol. The van der Waals surface area contributed by atoms with E-state index in [1.54, 1.807) is 4.90 Å². The molecule has 3 nitrogen and oxygen atoms in total. The van der Waals surface area contributed by atoms with Crippen LogP contribution >= 0.6 is 0 Å². The number of halogens is 2. The molecule has 2 atom stereocenters. The maximum absolute atomic E-state index is 13.5. The van der Waals surface area contributed by atoms with Crippen LogP contribution in [0.5, 0.6) is 0 Å². The Balaban J connectivity index is 2.10. The summed E-state index contributed by atoms with van der Waals surface area (Å²) in [5.74, 6) is -1.52. The first-order chi connectivity index (χ1) is 8.49. The molecule has 1 aliphatic heterocycles. The first-order valence-electron chi connectivity index (χ1n) is 5.96. The van der Waals surface area contributed by atoms with Crippen molar-refractivity contribution in [2.24, 2.45) is 11.7 Å². The first-order valence-corrected chi connectivity index (χ1v) is 5.96. The summed E-state index contributed by atoms with van der Waals surface area (Å²) in [4.78, 5) is 13.2. The van der Waals surface area contributed by atoms with Crippen molar-refractivity contribution in [1.82, 2.24) is 4.90 Å². The molecule has 2 unspecified atom stereocenters. The zero-order chi connectivity index (χ0) is 13.3. The van der Waals surface area contributed by atoms with E-state index in [0.717, 1.165) is 6.07 Å². The molecule has 5 heteroatoms. The lowest BCUT2D eigenvalue weighted by Crippen LogP contribution is -2.33. The normalized spacial score (nSPS) is 21.4. The Morgan fingerprint density at radius 3 is 2.83 bits per heavy atom. The van der Waals surface area contributed by atoms with Crippen LogP contribution in [0.15, 0.2) is 18.2 Å². The van der Waals surface area contributed by atoms with Crippen molar-refractivity contribution in [3.05, 3.63) is 35.4 Å². The van der Waals surface area contributed by atoms with E-state index in [9.17, 15) is 13.6 Å². The standard InChI is InChI=1S/C13H16F2N2O/c1-8-5-12(18)17(6-8)7-11(16)9-3-2-4-10(14)13(9)15/h2-4,8,11H,5-7,16H2,1H3. The number of hydrogen-bond donors (Lipinski definition) is 1. The average molecular weight is 254 g/mol. The van der Waals surface area contributed by atoms with Gasteiger partial charge >= 0.3 is 0 Å². The molecule has 2 N–H and O–H groups in total. The maximum Gasteiger partial charge on any atom is 0.222 e. The number of likely N-dealkylation sites (tertiary alicyclic amines) is 1. The fourth-order valence-electron chi connectivity index (χ4n) is 2.29. The van der Waals surface area contributed by atoms with Gasteiger partial charge in [0, 0.05) is 25.1 Å². The number of hydrogen-bond acceptors (Lipinski definition) is 2. The highest BCUT2D eigenvalue weighted by Crippen LogP contribution is 2.22. The Kier molecular flexibility index (Phi) is 3.61. The number of nitrogens with zero attached hydrogens (tertiary/aromatic N) is 1. The smallest absolute Gasteiger partial charge is 0.222 e. The molecule has 1 aliphatic rings. The van der Waals surface area contributed by atoms with E-state index < -0.39 is 17.7 Å². The van der Waals surface area contributed by atoms with Crippen LogP contribution in [0.2, 0.25) is 0 Å². The summed E-state index contributed by atoms with van der Waals surface area (Å²) in [6, 6.07) is 3.22. The van der Waals surface area contributed by atoms with Gasteiger partial charge in [0.15, 0.2) is 11.6 Å². The summed E-state index contributed by atoms with van der Waals surface area (Å²) in [6.07, 6.45) is 0.498. The molecule has 0 bridgehead atoms. The van der Waals surface area contributed by atoms with Crippen molar-refractivity contribution in [1.29, 1.82) is 0 Å². The van der Waals surface area contributed by atoms with Crippen LogP contribution in [0.4, 0.5) is 8.78 Å². The second-order valence-corrected chi connectivity index (χ2v) is 4.86. The minimum Gasteiger partial charge on any atom is -0.341 e. The summed E-state index contributed by atoms with van der Waals surface area (Å²) >= 11 is 0. The number of nitrogens with two attached hydrogens (primary N) is 1. The molecule has 0 aliphatic carbocycles. The number of rotatable bonds is 3. The number of carbonyl (C=O) groups excluding carboxylic acids is 1. The lowest BCUT2D eigenvalue weighted by atomic mass is 10.1. The molecule has 1 aromatic carbocycles. The van der Waals surface area contributed by atoms with Crippen LogP contribution in [0.25, 0.3) is 0 Å². The van der Waals surface area contributed by atoms with Crippen molar-refractivity contribution in [2.75, 3.05) is 13.1 Å². The predicted octanol–water partition coefficient (Wildman–Crippen LogP) is 1.83. The van der Waals surface area contributed by atoms with Crippen LogP contribution < -0.4 is 5.73 Å². The van der Waals surface area contributed by atoms with E-state index in [4.69, 9.17) is 5.73 Å². The molecule has 0 saturated carbocycles. The minimum absolute atomic E-state index is 0.0229. The zero-order valence-corrected chi connectivity index (χ0v) is 10.2. The largest absolute Gasteiger partial charge is 0.341 e. The Hall–Kier alpha value is -1.49. The second kappa shape index (κ2) is 5.02. The van der Waals surface area contributed by atoms with E-state index in [2.05, 4.69) is 0 Å². The van der Waals surface area contributed by atoms with Gasteiger partial charge in [-0.15, -0.1) is 0 Å². The fraction of sp³-hybridized carbons (Fsp3) is 0.462. The molecule has 98 valence electrons. The minimum atomic E-state index is -0.926. The molecule has 1 aromatic rings. The Bertz CT molecular complexity index is 464. The van der Waals surface area contributed by atoms with Gasteiger partial charge in [0.2, 0.25) is 5.91 Å². The summed E-state index contributed by atoms with van der Waals surface area (Å²) in [6.45, 7) is 2.83. The van der Waals surface area contributed by atoms with E-state index in [-0.39, 0.29) is 18.0 Å². The molecule has 2 rings (SSSR count). The summed E-state index contributed by atoms with van der Waals surface area (Å²) in [5, 5.41) is 0. The van der Waals surface area contributed by atoms with E-state index in [1.165, 1.54) is 12.1 Å². The van der Waals surface area contributed by atoms with Crippen molar-refractivity contribution >= 4 is 5.91 Å². The Morgan fingerprint density at radius 2 is 2.22 bits per heavy atom. The second-order valence-electron chi connectivity index (χ2n) is 4.86. The SMILES string of the molecule is CC1CC(=O)N(CC(N)c2cccc(F)c2F)C1. The third-order valence-electron chi connectivity index (χ3n) is 3.21. The number of carbonyl (C=O) groups is 1. The summed E-state index contributed by atoms with van der Waals surface area (Å²) < 4.78 is 26.6. The van der Waals surface area contributed by atoms with E-state index >= 15 is 0 Å². The Labute approximate surface area is 105 Å². The van der Waals surface area contributed by atoms with Gasteiger partial charge in [0.25, 0.3) is 0 Å². The zero-order valence-electron chi connectivity index (χ0n) is 10.2. The van der Waals surface area contributed by atoms with Crippen LogP contribution in [0.1, 0.15) is 24.9 Å². The van der Waals surface area contributed by atoms with E-state index in [0.29, 0.717) is 18.9 Å². The molecule has 0 radical (unpaired) electrons. The first kappa shape index (κ1) is 13.0. The molecule has 18 heavy (non-hydrogen) atoms. The maximum atomic E-state index is 13.5. The van der Waals surface area contributed by atoms with Gasteiger partial charge in [-0.3, -0.25) is 4.79 Å². The molecule has 1 heterocycles. The van der Waals surface area contributed by atoms with Crippen LogP contribution in [0.3, 0.4) is 0 Å². The van der Waals surface area contributed by atoms with Crippen molar-refractivity contribution < 1.29 is 13.6 Å². The summed E-state index contributed by atoms with van der Waals surface area (Å²) in [7, 11) is 0. The lowest BCUT2D eigenvalue weighted by molar-refractivity contribution is -0.127. The number of amides is 1. The average Bonchev–Trinajstić information content (AvgIpc) is 2.61. The van der Waals surface area contributed by atoms with Crippen LogP contribution in [0, 0.1) is 17.6 Å². The predicted molar refractivity (Wildman–Crippen MR) is 63.6 cm³/mol. The molecular formula is C13H16F2N2O. The van der Waals surface area contributed by atoms with Crippen molar-refractivity contribution in [2.45, 2.75) is 19.4 Å². The highest BCUT2D eigenvalue weighted by molar-refractivity contribution is 5.78. The van der Waals surface area contributed by atoms with Crippen molar-refractivity contribution in [3.63, 3.8) is 0 Å². The summed E-state index contributed by atoms with van der Waals surface area (Å²) in [5.41, 5.74) is 5.96. The molecule has 1 saturated heterocycles. The molecule has 0 spiro atoms. The van der Waals surface area contributed by atoms with E-state index in [1.807, 2.05) is 6.92 Å². The molecule has 1 amide bonds. The molecule has 0 aromatic heterocycles. The highest BCUT2D eigenvalue weighted by Gasteiger charge is 2.28. The van der Waals surface area contributed by atoms with Gasteiger partial charge in [-0.25, -0.2) is 8.78 Å². The van der Waals surface area contributed by atoms with Gasteiger partial charge in [-0.2, -0.15) is 0 Å². The van der Waals surface area contributed by atoms with Crippen LogP contribution in [-0.4, -0.2) is 23.9 Å². The number of benzene rings is 1. The van der Waals surface area contributed by atoms with Gasteiger partial charge in [0.05, 0.1) is 6.04 Å². The van der Waals surface area contributed by atoms with Crippen molar-refractivity contribution in [3.8, 4) is 0 Å². The van der Waals surface area contributed by atoms with Gasteiger partial charge in [-0.05, 0) is 12.0 Å². The van der Waals surface area contributed by atoms with Gasteiger partial charge in [-0.1, -0.05) is 19.1 Å². The van der Waals surface area contributed by atoms with Gasteiger partial charge in [0.1, 0.15) is 0 Å². The lowest BCUT2D eigenvalue weighted by Gasteiger charge is -2.21. The Morgan fingerprint density at radius 1 is 1.50 bits per heavy atom. The third kappa shape index (κ3) is 2.51. The quantitative estimate of drug-likeness (QED) is 0.894. The van der Waals surface area contributed by atoms with Gasteiger partial charge < -0.3 is 10.6 Å². The molecular weight excluding hydrogens is 238 g/mol. The third-order valence-corrected chi connectivity index (χ3v) is 3.21.